The van der Waals surface area contributed by atoms with Gasteiger partial charge in [-0.15, -0.1) is 0 Å². The largest absolute Gasteiger partial charge is 0.493 e. The monoisotopic (exact) mass is 391 g/mol. The first-order valence-electron chi connectivity index (χ1n) is 8.43. The molecule has 1 aromatic heterocycles. The molecule has 10 heteroatoms. The fourth-order valence-electron chi connectivity index (χ4n) is 2.56. The number of aryl methyl sites for hydroxylation is 1. The number of carbonyl (C=O) groups is 1. The third kappa shape index (κ3) is 4.72. The maximum Gasteiger partial charge on any atom is 0.260 e. The molecule has 1 aliphatic heterocycles. The summed E-state index contributed by atoms with van der Waals surface area (Å²) in [6.45, 7) is 4.04. The quantitative estimate of drug-likeness (QED) is 0.591. The van der Waals surface area contributed by atoms with E-state index < -0.39 is 0 Å². The summed E-state index contributed by atoms with van der Waals surface area (Å²) >= 11 is 5.11. The molecule has 0 radical (unpaired) electrons. The van der Waals surface area contributed by atoms with Crippen molar-refractivity contribution >= 4 is 24.3 Å². The van der Waals surface area contributed by atoms with Crippen LogP contribution in [-0.4, -0.2) is 71.9 Å². The first-order chi connectivity index (χ1) is 13.1. The topological polar surface area (TPSA) is 94.0 Å². The molecule has 1 N–H and O–H groups in total. The van der Waals surface area contributed by atoms with Gasteiger partial charge in [0.15, 0.2) is 18.1 Å². The van der Waals surface area contributed by atoms with Crippen LogP contribution in [0.5, 0.6) is 11.5 Å². The van der Waals surface area contributed by atoms with E-state index in [0.717, 1.165) is 5.56 Å². The van der Waals surface area contributed by atoms with E-state index in [1.54, 1.807) is 37.3 Å². The molecule has 1 aromatic carbocycles. The van der Waals surface area contributed by atoms with E-state index in [0.29, 0.717) is 48.4 Å². The predicted octanol–water partition coefficient (Wildman–Crippen LogP) is 1.38. The molecule has 27 heavy (non-hydrogen) atoms. The molecule has 0 aliphatic carbocycles. The zero-order valence-electron chi connectivity index (χ0n) is 15.2. The van der Waals surface area contributed by atoms with E-state index in [1.165, 1.54) is 4.68 Å². The fourth-order valence-corrected chi connectivity index (χ4v) is 2.78. The minimum Gasteiger partial charge on any atom is -0.493 e. The molecule has 0 bridgehead atoms. The summed E-state index contributed by atoms with van der Waals surface area (Å²) in [6, 6.07) is 5.34. The van der Waals surface area contributed by atoms with Gasteiger partial charge in [0.2, 0.25) is 4.77 Å². The van der Waals surface area contributed by atoms with E-state index in [2.05, 4.69) is 15.3 Å². The van der Waals surface area contributed by atoms with Crippen molar-refractivity contribution in [2.75, 3.05) is 40.0 Å². The molecule has 1 fully saturated rings. The highest BCUT2D eigenvalue weighted by molar-refractivity contribution is 7.71. The van der Waals surface area contributed by atoms with Crippen LogP contribution < -0.4 is 9.47 Å². The van der Waals surface area contributed by atoms with Crippen LogP contribution >= 0.6 is 12.2 Å². The lowest BCUT2D eigenvalue weighted by Gasteiger charge is -2.26. The van der Waals surface area contributed by atoms with Gasteiger partial charge in [-0.1, -0.05) is 0 Å². The summed E-state index contributed by atoms with van der Waals surface area (Å²) in [6.07, 6.45) is 1.64. The Morgan fingerprint density at radius 2 is 2.19 bits per heavy atom. The van der Waals surface area contributed by atoms with Crippen LogP contribution in [0.2, 0.25) is 0 Å². The predicted molar refractivity (Wildman–Crippen MR) is 101 cm³/mol. The zero-order chi connectivity index (χ0) is 19.2. The maximum atomic E-state index is 12.2. The highest BCUT2D eigenvalue weighted by atomic mass is 32.1. The molecule has 144 valence electrons. The average molecular weight is 391 g/mol. The maximum absolute atomic E-state index is 12.2. The highest BCUT2D eigenvalue weighted by Gasteiger charge is 2.18. The van der Waals surface area contributed by atoms with Crippen molar-refractivity contribution < 1.29 is 19.0 Å². The number of ether oxygens (including phenoxy) is 3. The van der Waals surface area contributed by atoms with E-state index in [4.69, 9.17) is 26.4 Å². The summed E-state index contributed by atoms with van der Waals surface area (Å²) in [4.78, 5) is 13.9. The number of nitrogens with zero attached hydrogens (tertiary/aromatic N) is 4. The van der Waals surface area contributed by atoms with Crippen molar-refractivity contribution in [2.24, 2.45) is 5.10 Å². The summed E-state index contributed by atoms with van der Waals surface area (Å²) in [5, 5.41) is 11.0. The van der Waals surface area contributed by atoms with Gasteiger partial charge in [0.05, 0.1) is 26.5 Å². The van der Waals surface area contributed by atoms with Crippen molar-refractivity contribution in [3.8, 4) is 11.5 Å². The second-order valence-corrected chi connectivity index (χ2v) is 6.21. The number of H-pyrrole nitrogens is 1. The molecule has 1 amide bonds. The van der Waals surface area contributed by atoms with Crippen LogP contribution in [0.25, 0.3) is 0 Å². The van der Waals surface area contributed by atoms with Crippen LogP contribution in [0, 0.1) is 11.7 Å². The zero-order valence-corrected chi connectivity index (χ0v) is 16.0. The third-order valence-corrected chi connectivity index (χ3v) is 4.30. The van der Waals surface area contributed by atoms with Crippen LogP contribution in [0.4, 0.5) is 0 Å². The smallest absolute Gasteiger partial charge is 0.260 e. The van der Waals surface area contributed by atoms with Gasteiger partial charge in [-0.05, 0) is 42.9 Å². The van der Waals surface area contributed by atoms with Crippen LogP contribution in [0.3, 0.4) is 0 Å². The van der Waals surface area contributed by atoms with E-state index in [9.17, 15) is 4.79 Å². The van der Waals surface area contributed by atoms with Gasteiger partial charge >= 0.3 is 0 Å². The molecule has 0 saturated carbocycles. The molecule has 0 unspecified atom stereocenters. The number of methoxy groups -OCH3 is 1. The van der Waals surface area contributed by atoms with Gasteiger partial charge in [0.25, 0.3) is 5.91 Å². The van der Waals surface area contributed by atoms with Crippen molar-refractivity contribution in [3.05, 3.63) is 34.4 Å². The standard InChI is InChI=1S/C17H21N5O4S/c1-12-19-20-17(27)22(12)18-10-13-3-4-14(15(9-13)24-2)26-11-16(23)21-5-7-25-8-6-21/h3-4,9-10H,5-8,11H2,1-2H3,(H,20,27)/b18-10-. The second-order valence-electron chi connectivity index (χ2n) is 5.82. The molecule has 0 atom stereocenters. The number of amides is 1. The normalized spacial score (nSPS) is 14.5. The Morgan fingerprint density at radius 3 is 2.85 bits per heavy atom. The number of aromatic amines is 1. The molecule has 0 spiro atoms. The molecule has 3 rings (SSSR count). The lowest BCUT2D eigenvalue weighted by molar-refractivity contribution is -0.137. The fraction of sp³-hybridized carbons (Fsp3) is 0.412. The Hall–Kier alpha value is -2.72. The number of nitrogens with one attached hydrogen (secondary N) is 1. The van der Waals surface area contributed by atoms with Crippen LogP contribution in [0.15, 0.2) is 23.3 Å². The Labute approximate surface area is 161 Å². The van der Waals surface area contributed by atoms with E-state index in [1.807, 2.05) is 6.07 Å². The number of benzene rings is 1. The number of morpholine rings is 1. The van der Waals surface area contributed by atoms with Gasteiger partial charge in [0.1, 0.15) is 5.82 Å². The Kier molecular flexibility index (Phi) is 6.20. The lowest BCUT2D eigenvalue weighted by atomic mass is 10.2. The summed E-state index contributed by atoms with van der Waals surface area (Å²) in [7, 11) is 1.54. The lowest BCUT2D eigenvalue weighted by Crippen LogP contribution is -2.43. The molecule has 9 nitrogen and oxygen atoms in total. The molecule has 1 aliphatic rings. The van der Waals surface area contributed by atoms with Crippen molar-refractivity contribution in [1.82, 2.24) is 19.8 Å². The number of carbonyl (C=O) groups excluding carboxylic acids is 1. The molecular formula is C17H21N5O4S. The summed E-state index contributed by atoms with van der Waals surface area (Å²) < 4.78 is 18.2. The SMILES string of the molecule is COc1cc(/C=N\n2c(C)n[nH]c2=S)ccc1OCC(=O)N1CCOCC1. The van der Waals surface area contributed by atoms with Crippen LogP contribution in [0.1, 0.15) is 11.4 Å². The van der Waals surface area contributed by atoms with Gasteiger partial charge in [-0.2, -0.15) is 14.9 Å². The van der Waals surface area contributed by atoms with Gasteiger partial charge in [-0.3, -0.25) is 9.89 Å². The molecular weight excluding hydrogens is 370 g/mol. The van der Waals surface area contributed by atoms with Crippen LogP contribution in [-0.2, 0) is 9.53 Å². The first kappa shape index (κ1) is 19.1. The number of aromatic nitrogens is 3. The molecule has 2 aromatic rings. The highest BCUT2D eigenvalue weighted by Crippen LogP contribution is 2.27. The molecule has 2 heterocycles. The van der Waals surface area contributed by atoms with E-state index in [-0.39, 0.29) is 12.5 Å². The first-order valence-corrected chi connectivity index (χ1v) is 8.84. The Balaban J connectivity index is 1.67. The molecule has 1 saturated heterocycles. The van der Waals surface area contributed by atoms with Gasteiger partial charge < -0.3 is 19.1 Å². The van der Waals surface area contributed by atoms with Gasteiger partial charge in [0, 0.05) is 13.1 Å². The third-order valence-electron chi connectivity index (χ3n) is 4.04. The number of rotatable bonds is 6. The Morgan fingerprint density at radius 1 is 1.41 bits per heavy atom. The van der Waals surface area contributed by atoms with Crippen molar-refractivity contribution in [3.63, 3.8) is 0 Å². The second kappa shape index (κ2) is 8.78. The number of hydrogen-bond acceptors (Lipinski definition) is 7. The minimum absolute atomic E-state index is 0.0484. The average Bonchev–Trinajstić information content (AvgIpc) is 3.03. The Bertz CT molecular complexity index is 886. The van der Waals surface area contributed by atoms with Crippen molar-refractivity contribution in [1.29, 1.82) is 0 Å². The van der Waals surface area contributed by atoms with E-state index >= 15 is 0 Å². The van der Waals surface area contributed by atoms with Gasteiger partial charge in [-0.25, -0.2) is 0 Å². The van der Waals surface area contributed by atoms with Crippen molar-refractivity contribution in [2.45, 2.75) is 6.92 Å². The number of hydrogen-bond donors (Lipinski definition) is 1. The summed E-state index contributed by atoms with van der Waals surface area (Å²) in [5.41, 5.74) is 0.793. The summed E-state index contributed by atoms with van der Waals surface area (Å²) in [5.74, 6) is 1.59. The minimum atomic E-state index is -0.0733.